The van der Waals surface area contributed by atoms with Gasteiger partial charge in [-0.1, -0.05) is 146 Å². The first kappa shape index (κ1) is 63.2. The van der Waals surface area contributed by atoms with Crippen LogP contribution in [0.15, 0.2) is 146 Å². The van der Waals surface area contributed by atoms with E-state index in [-0.39, 0.29) is 50.1 Å². The summed E-state index contributed by atoms with van der Waals surface area (Å²) < 4.78 is 31.7. The van der Waals surface area contributed by atoms with Crippen molar-refractivity contribution in [2.24, 2.45) is 0 Å². The summed E-state index contributed by atoms with van der Waals surface area (Å²) in [6.07, 6.45) is 0. The zero-order valence-corrected chi connectivity index (χ0v) is 50.0. The molecule has 0 amide bonds. The SMILES string of the molecule is COC(=O)CN1Cc2ccc(cc2)CN(CC(=O)OC)Cc2ccc(cc2)CN(CC2(OC)OO2)Cc2ccc(cc2)CN(CC(=O)OC)Cc2ccc(cc2)CN(CC(=O)OC)Cc2ccc(cc2)CN(CC2(OC)OO2)Cc2ccc(cc2)C1. The van der Waals surface area contributed by atoms with Crippen LogP contribution in [0.4, 0.5) is 0 Å². The molecule has 20 nitrogen and oxygen atoms in total. The van der Waals surface area contributed by atoms with Gasteiger partial charge in [0, 0.05) is 92.8 Å². The molecular weight excluding hydrogens is 1100 g/mol. The Morgan fingerprint density at radius 3 is 0.535 bits per heavy atom. The van der Waals surface area contributed by atoms with Gasteiger partial charge in [0.25, 0.3) is 0 Å². The molecule has 12 aliphatic rings. The van der Waals surface area contributed by atoms with Gasteiger partial charge < -0.3 is 28.4 Å². The van der Waals surface area contributed by atoms with Crippen LogP contribution in [0.5, 0.6) is 0 Å². The van der Waals surface area contributed by atoms with E-state index in [4.69, 9.17) is 48.0 Å². The second kappa shape index (κ2) is 30.4. The molecule has 0 N–H and O–H groups in total. The number of rotatable bonds is 14. The monoisotopic (exact) mass is 1180 g/mol. The van der Waals surface area contributed by atoms with Crippen molar-refractivity contribution in [3.05, 3.63) is 212 Å². The fourth-order valence-electron chi connectivity index (χ4n) is 10.6. The van der Waals surface area contributed by atoms with Crippen molar-refractivity contribution >= 4 is 23.9 Å². The Kier molecular flexibility index (Phi) is 22.3. The molecule has 86 heavy (non-hydrogen) atoms. The minimum atomic E-state index is -1.16. The highest BCUT2D eigenvalue weighted by Gasteiger charge is 2.52. The van der Waals surface area contributed by atoms with E-state index in [1.165, 1.54) is 28.4 Å². The van der Waals surface area contributed by atoms with Gasteiger partial charge in [0.15, 0.2) is 0 Å². The number of benzene rings is 6. The van der Waals surface area contributed by atoms with Crippen LogP contribution in [-0.4, -0.2) is 147 Å². The van der Waals surface area contributed by atoms with Crippen molar-refractivity contribution in [1.82, 2.24) is 29.4 Å². The highest BCUT2D eigenvalue weighted by atomic mass is 17.5. The molecule has 456 valence electrons. The van der Waals surface area contributed by atoms with Gasteiger partial charge in [-0.2, -0.15) is 19.6 Å². The van der Waals surface area contributed by atoms with E-state index in [0.717, 1.165) is 66.8 Å². The molecule has 6 aromatic rings. The molecule has 0 aliphatic carbocycles. The molecule has 12 aliphatic heterocycles. The Morgan fingerprint density at radius 2 is 0.419 bits per heavy atom. The normalized spacial score (nSPS) is 17.8. The molecule has 0 spiro atoms. The first-order valence-electron chi connectivity index (χ1n) is 28.6. The molecular formula is C66H78N6O14. The minimum absolute atomic E-state index is 0.0952. The average molecular weight is 1180 g/mol. The molecule has 0 saturated carbocycles. The number of methoxy groups -OCH3 is 6. The molecule has 18 rings (SSSR count). The largest absolute Gasteiger partial charge is 0.468 e. The van der Waals surface area contributed by atoms with E-state index < -0.39 is 11.9 Å². The van der Waals surface area contributed by atoms with Gasteiger partial charge in [0.2, 0.25) is 0 Å². The predicted octanol–water partition coefficient (Wildman–Crippen LogP) is 7.23. The van der Waals surface area contributed by atoms with Crippen LogP contribution < -0.4 is 0 Å². The maximum absolute atomic E-state index is 12.8. The lowest BCUT2D eigenvalue weighted by atomic mass is 10.1. The summed E-state index contributed by atoms with van der Waals surface area (Å²) in [5, 5.41) is 0. The molecule has 12 bridgehead atoms. The van der Waals surface area contributed by atoms with Crippen LogP contribution in [-0.2, 0) is 146 Å². The Balaban J connectivity index is 0.973. The minimum Gasteiger partial charge on any atom is -0.468 e. The van der Waals surface area contributed by atoms with Gasteiger partial charge in [0.1, 0.15) is 0 Å². The van der Waals surface area contributed by atoms with E-state index in [1.807, 2.05) is 0 Å². The zero-order valence-electron chi connectivity index (χ0n) is 50.0. The van der Waals surface area contributed by atoms with Crippen LogP contribution >= 0.6 is 0 Å². The summed E-state index contributed by atoms with van der Waals surface area (Å²) >= 11 is 0. The second-order valence-corrected chi connectivity index (χ2v) is 22.2. The molecule has 2 fully saturated rings. The van der Waals surface area contributed by atoms with E-state index in [1.54, 1.807) is 14.2 Å². The fraction of sp³-hybridized carbons (Fsp3) is 0.394. The lowest BCUT2D eigenvalue weighted by Gasteiger charge is -2.25. The van der Waals surface area contributed by atoms with Crippen LogP contribution in [0, 0.1) is 0 Å². The third-order valence-electron chi connectivity index (χ3n) is 15.3. The lowest BCUT2D eigenvalue weighted by molar-refractivity contribution is -0.143. The smallest absolute Gasteiger partial charge is 0.352 e. The van der Waals surface area contributed by atoms with Gasteiger partial charge >= 0.3 is 35.8 Å². The van der Waals surface area contributed by atoms with Crippen LogP contribution in [0.2, 0.25) is 0 Å². The first-order chi connectivity index (χ1) is 41.7. The van der Waals surface area contributed by atoms with Crippen molar-refractivity contribution in [3.63, 3.8) is 0 Å². The highest BCUT2D eigenvalue weighted by Crippen LogP contribution is 2.34. The molecule has 0 aromatic heterocycles. The molecule has 2 saturated heterocycles. The lowest BCUT2D eigenvalue weighted by Crippen LogP contribution is -2.35. The Bertz CT molecular complexity index is 2740. The van der Waals surface area contributed by atoms with E-state index in [9.17, 15) is 19.2 Å². The average Bonchev–Trinajstić information content (AvgIpc) is 4.20. The first-order valence-corrected chi connectivity index (χ1v) is 28.6. The molecule has 0 unspecified atom stereocenters. The summed E-state index contributed by atoms with van der Waals surface area (Å²) in [6.45, 7) is 7.29. The molecule has 20 heteroatoms. The maximum Gasteiger partial charge on any atom is 0.352 e. The van der Waals surface area contributed by atoms with Crippen LogP contribution in [0.3, 0.4) is 0 Å². The quantitative estimate of drug-likeness (QED) is 0.0459. The van der Waals surface area contributed by atoms with Gasteiger partial charge in [-0.15, -0.1) is 0 Å². The van der Waals surface area contributed by atoms with E-state index in [0.29, 0.717) is 91.6 Å². The number of ether oxygens (including phenoxy) is 6. The van der Waals surface area contributed by atoms with Crippen molar-refractivity contribution < 1.29 is 67.1 Å². The number of carbonyl (C=O) groups excluding carboxylic acids is 4. The number of hydrogen-bond donors (Lipinski definition) is 0. The van der Waals surface area contributed by atoms with E-state index >= 15 is 0 Å². The van der Waals surface area contributed by atoms with Crippen molar-refractivity contribution in [2.75, 3.05) is 81.9 Å². The second-order valence-electron chi connectivity index (χ2n) is 22.2. The number of nitrogens with zero attached hydrogens (tertiary/aromatic N) is 6. The third-order valence-corrected chi connectivity index (χ3v) is 15.3. The highest BCUT2D eigenvalue weighted by molar-refractivity contribution is 5.72. The summed E-state index contributed by atoms with van der Waals surface area (Å²) in [7, 11) is 8.70. The summed E-state index contributed by atoms with van der Waals surface area (Å²) in [5.41, 5.74) is 12.4. The maximum atomic E-state index is 12.8. The van der Waals surface area contributed by atoms with Crippen molar-refractivity contribution in [3.8, 4) is 0 Å². The number of hydrogen-bond acceptors (Lipinski definition) is 20. The molecule has 0 atom stereocenters. The summed E-state index contributed by atoms with van der Waals surface area (Å²) in [4.78, 5) is 84.9. The van der Waals surface area contributed by atoms with Crippen molar-refractivity contribution in [2.45, 2.75) is 90.5 Å². The molecule has 12 heterocycles. The standard InChI is InChI=1S/C66H78N6O14/c1-77-61(73)43-67-31-49-7-9-50(10-8-49)32-68(44-62(74)78-2)36-54-17-27-59(28-18-54)41-72(48-66(82-6)85-86-66)42-60-29-21-56(22-30-60)38-70(46-64(76)80-4)34-52-13-11-51(12-14-52)33-69(45-63(75)79-3)37-55-19-25-58(26-20-55)40-71(47-65(81-5)83-84-65)39-57-23-15-53(35-67)16-24-57/h7-30H,31-48H2,1-6H3. The summed E-state index contributed by atoms with van der Waals surface area (Å²) in [6, 6.07) is 49.8. The van der Waals surface area contributed by atoms with Gasteiger partial charge in [0.05, 0.1) is 67.7 Å². The molecule has 0 radical (unpaired) electrons. The number of carbonyl (C=O) groups is 4. The summed E-state index contributed by atoms with van der Waals surface area (Å²) in [5.74, 6) is -3.65. The fourth-order valence-corrected chi connectivity index (χ4v) is 10.6. The van der Waals surface area contributed by atoms with Crippen molar-refractivity contribution in [1.29, 1.82) is 0 Å². The topological polar surface area (TPSA) is 193 Å². The number of esters is 4. The van der Waals surface area contributed by atoms with Gasteiger partial charge in [-0.3, -0.25) is 48.6 Å². The van der Waals surface area contributed by atoms with Crippen LogP contribution in [0.25, 0.3) is 0 Å². The molecule has 6 aromatic carbocycles. The Labute approximate surface area is 503 Å². The Hall–Kier alpha value is -7.28. The van der Waals surface area contributed by atoms with Gasteiger partial charge in [-0.05, 0) is 66.8 Å². The zero-order chi connectivity index (χ0) is 60.5. The predicted molar refractivity (Wildman–Crippen MR) is 315 cm³/mol. The third kappa shape index (κ3) is 19.4. The van der Waals surface area contributed by atoms with E-state index in [2.05, 4.69) is 175 Å². The van der Waals surface area contributed by atoms with Crippen LogP contribution in [0.1, 0.15) is 66.8 Å². The van der Waals surface area contributed by atoms with Gasteiger partial charge in [-0.25, -0.2) is 0 Å². The Morgan fingerprint density at radius 1 is 0.279 bits per heavy atom.